The highest BCUT2D eigenvalue weighted by Crippen LogP contribution is 2.45. The molecular weight excluding hydrogens is 316 g/mol. The van der Waals surface area contributed by atoms with Gasteiger partial charge in [0.1, 0.15) is 5.69 Å². The van der Waals surface area contributed by atoms with E-state index < -0.39 is 0 Å². The zero-order valence-electron chi connectivity index (χ0n) is 12.9. The summed E-state index contributed by atoms with van der Waals surface area (Å²) < 4.78 is 0. The van der Waals surface area contributed by atoms with Gasteiger partial charge in [0.05, 0.1) is 15.7 Å². The summed E-state index contributed by atoms with van der Waals surface area (Å²) >= 11 is 0. The van der Waals surface area contributed by atoms with Crippen molar-refractivity contribution in [1.29, 1.82) is 0 Å². The highest BCUT2D eigenvalue weighted by Gasteiger charge is 2.22. The quantitative estimate of drug-likeness (QED) is 0.130. The highest BCUT2D eigenvalue weighted by atomic mass is 16.6. The van der Waals surface area contributed by atoms with Crippen LogP contribution in [0.3, 0.4) is 0 Å². The van der Waals surface area contributed by atoms with E-state index in [-0.39, 0.29) is 10.6 Å². The third kappa shape index (κ3) is 1.67. The predicted octanol–water partition coefficient (Wildman–Crippen LogP) is 6.04. The number of nitro groups is 1. The summed E-state index contributed by atoms with van der Waals surface area (Å²) in [6.45, 7) is 0. The smallest absolute Gasteiger partial charge is 0.258 e. The van der Waals surface area contributed by atoms with E-state index >= 15 is 0 Å². The van der Waals surface area contributed by atoms with Crippen molar-refractivity contribution < 1.29 is 4.92 Å². The lowest BCUT2D eigenvalue weighted by Crippen LogP contribution is -1.94. The average Bonchev–Trinajstić information content (AvgIpc) is 2.64. The molecule has 0 spiro atoms. The molecule has 0 radical (unpaired) electrons. The van der Waals surface area contributed by atoms with Crippen molar-refractivity contribution in [2.24, 2.45) is 5.18 Å². The molecule has 0 aliphatic carbocycles. The Labute approximate surface area is 140 Å². The summed E-state index contributed by atoms with van der Waals surface area (Å²) in [6.07, 6.45) is 0. The van der Waals surface area contributed by atoms with Crippen LogP contribution in [0.25, 0.3) is 43.1 Å². The molecule has 0 unspecified atom stereocenters. The van der Waals surface area contributed by atoms with E-state index in [9.17, 15) is 15.0 Å². The standard InChI is InChI=1S/C20H10N2O3/c23-21-17-10-6-11-5-7-13-12-3-1-2-4-14(12)20(22(24)25)16-9-8-15(17)18(11)19(13)16/h1-10H. The van der Waals surface area contributed by atoms with Crippen molar-refractivity contribution in [3.05, 3.63) is 75.7 Å². The zero-order chi connectivity index (χ0) is 17.1. The molecule has 0 saturated carbocycles. The Hall–Kier alpha value is -3.60. The van der Waals surface area contributed by atoms with Gasteiger partial charge < -0.3 is 0 Å². The largest absolute Gasteiger partial charge is 0.285 e. The van der Waals surface area contributed by atoms with Crippen LogP contribution in [-0.2, 0) is 0 Å². The lowest BCUT2D eigenvalue weighted by atomic mass is 9.89. The molecule has 5 aromatic rings. The van der Waals surface area contributed by atoms with E-state index in [4.69, 9.17) is 0 Å². The number of non-ortho nitro benzene ring substituents is 1. The molecule has 0 aliphatic heterocycles. The maximum absolute atomic E-state index is 11.8. The fourth-order valence-corrected chi connectivity index (χ4v) is 3.90. The summed E-state index contributed by atoms with van der Waals surface area (Å²) in [5.74, 6) is 0. The molecule has 5 nitrogen and oxygen atoms in total. The molecular formula is C20H10N2O3. The highest BCUT2D eigenvalue weighted by molar-refractivity contribution is 6.33. The first kappa shape index (κ1) is 13.8. The Bertz CT molecular complexity index is 1340. The van der Waals surface area contributed by atoms with Gasteiger partial charge in [-0.25, -0.2) is 0 Å². The normalized spacial score (nSPS) is 11.7. The van der Waals surface area contributed by atoms with Crippen molar-refractivity contribution in [1.82, 2.24) is 0 Å². The molecule has 5 heteroatoms. The fourth-order valence-electron chi connectivity index (χ4n) is 3.90. The first-order valence-electron chi connectivity index (χ1n) is 7.80. The van der Waals surface area contributed by atoms with E-state index in [0.717, 1.165) is 32.3 Å². The fraction of sp³-hybridized carbons (Fsp3) is 0. The van der Waals surface area contributed by atoms with Crippen LogP contribution in [0.1, 0.15) is 0 Å². The summed E-state index contributed by atoms with van der Waals surface area (Å²) in [7, 11) is 0. The molecule has 0 fully saturated rings. The van der Waals surface area contributed by atoms with Crippen LogP contribution in [0.2, 0.25) is 0 Å². The number of nitrogens with zero attached hydrogens (tertiary/aromatic N) is 2. The summed E-state index contributed by atoms with van der Waals surface area (Å²) in [5.41, 5.74) is 0.444. The monoisotopic (exact) mass is 326 g/mol. The van der Waals surface area contributed by atoms with Crippen LogP contribution in [0.15, 0.2) is 65.8 Å². The number of nitroso groups, excluding NO2 is 1. The van der Waals surface area contributed by atoms with Crippen LogP contribution < -0.4 is 0 Å². The van der Waals surface area contributed by atoms with Gasteiger partial charge in [-0.05, 0) is 44.9 Å². The van der Waals surface area contributed by atoms with Gasteiger partial charge in [0.25, 0.3) is 5.69 Å². The molecule has 5 rings (SSSR count). The van der Waals surface area contributed by atoms with Crippen LogP contribution in [0.4, 0.5) is 11.4 Å². The van der Waals surface area contributed by atoms with Gasteiger partial charge in [0.2, 0.25) is 0 Å². The van der Waals surface area contributed by atoms with Crippen LogP contribution in [-0.4, -0.2) is 4.92 Å². The Kier molecular flexibility index (Phi) is 2.60. The van der Waals surface area contributed by atoms with Gasteiger partial charge in [-0.3, -0.25) is 10.1 Å². The Morgan fingerprint density at radius 3 is 2.16 bits per heavy atom. The number of fused-ring (bicyclic) bond motifs is 2. The van der Waals surface area contributed by atoms with Crippen LogP contribution in [0, 0.1) is 15.0 Å². The van der Waals surface area contributed by atoms with E-state index in [1.54, 1.807) is 30.3 Å². The molecule has 0 amide bonds. The van der Waals surface area contributed by atoms with Crippen molar-refractivity contribution in [3.63, 3.8) is 0 Å². The molecule has 0 aromatic heterocycles. The number of benzene rings is 5. The summed E-state index contributed by atoms with van der Waals surface area (Å²) in [5, 5.41) is 21.2. The number of nitro benzene ring substituents is 1. The van der Waals surface area contributed by atoms with E-state index in [1.165, 1.54) is 0 Å². The minimum atomic E-state index is -0.326. The second-order valence-corrected chi connectivity index (χ2v) is 6.07. The first-order valence-corrected chi connectivity index (χ1v) is 7.80. The molecule has 118 valence electrons. The minimum absolute atomic E-state index is 0.0990. The zero-order valence-corrected chi connectivity index (χ0v) is 12.9. The maximum atomic E-state index is 11.8. The molecule has 25 heavy (non-hydrogen) atoms. The van der Waals surface area contributed by atoms with Gasteiger partial charge in [0.15, 0.2) is 0 Å². The molecule has 0 saturated heterocycles. The number of rotatable bonds is 2. The van der Waals surface area contributed by atoms with Gasteiger partial charge >= 0.3 is 0 Å². The lowest BCUT2D eigenvalue weighted by Gasteiger charge is -2.14. The van der Waals surface area contributed by atoms with Crippen molar-refractivity contribution in [3.8, 4) is 0 Å². The first-order chi connectivity index (χ1) is 12.2. The third-order valence-electron chi connectivity index (χ3n) is 4.90. The van der Waals surface area contributed by atoms with Gasteiger partial charge in [-0.2, -0.15) is 0 Å². The molecule has 0 aliphatic rings. The molecule has 5 aromatic carbocycles. The maximum Gasteiger partial charge on any atom is 0.285 e. The van der Waals surface area contributed by atoms with Crippen molar-refractivity contribution in [2.75, 3.05) is 0 Å². The third-order valence-corrected chi connectivity index (χ3v) is 4.90. The van der Waals surface area contributed by atoms with Gasteiger partial charge in [-0.1, -0.05) is 42.5 Å². The average molecular weight is 326 g/mol. The van der Waals surface area contributed by atoms with Crippen molar-refractivity contribution in [2.45, 2.75) is 0 Å². The van der Waals surface area contributed by atoms with Crippen LogP contribution in [0.5, 0.6) is 0 Å². The minimum Gasteiger partial charge on any atom is -0.258 e. The number of hydrogen-bond acceptors (Lipinski definition) is 4. The van der Waals surface area contributed by atoms with Gasteiger partial charge in [-0.15, -0.1) is 4.91 Å². The van der Waals surface area contributed by atoms with Crippen molar-refractivity contribution >= 4 is 54.5 Å². The predicted molar refractivity (Wildman–Crippen MR) is 99.8 cm³/mol. The second-order valence-electron chi connectivity index (χ2n) is 6.07. The van der Waals surface area contributed by atoms with Gasteiger partial charge in [0, 0.05) is 10.8 Å². The summed E-state index contributed by atoms with van der Waals surface area (Å²) in [4.78, 5) is 22.7. The van der Waals surface area contributed by atoms with E-state index in [0.29, 0.717) is 16.5 Å². The van der Waals surface area contributed by atoms with Crippen LogP contribution >= 0.6 is 0 Å². The SMILES string of the molecule is O=Nc1ccc2ccc3c4ccccc4c([N+](=O)[O-])c4ccc1c2c43. The molecule has 0 bridgehead atoms. The van der Waals surface area contributed by atoms with E-state index in [1.807, 2.05) is 30.3 Å². The molecule has 0 N–H and O–H groups in total. The molecule has 0 heterocycles. The topological polar surface area (TPSA) is 72.6 Å². The Morgan fingerprint density at radius 2 is 1.40 bits per heavy atom. The Morgan fingerprint density at radius 1 is 0.720 bits per heavy atom. The number of hydrogen-bond donors (Lipinski definition) is 0. The Balaban J connectivity index is 2.21. The summed E-state index contributed by atoms with van der Waals surface area (Å²) in [6, 6.07) is 18.3. The molecule has 0 atom stereocenters. The lowest BCUT2D eigenvalue weighted by molar-refractivity contribution is -0.381. The second kappa shape index (κ2) is 4.70. The van der Waals surface area contributed by atoms with E-state index in [2.05, 4.69) is 5.18 Å².